The first-order chi connectivity index (χ1) is 9.04. The second-order valence-corrected chi connectivity index (χ2v) is 5.11. The number of carboxylic acids is 1. The summed E-state index contributed by atoms with van der Waals surface area (Å²) in [6.45, 7) is 6.52. The van der Waals surface area contributed by atoms with E-state index in [1.54, 1.807) is 5.38 Å². The van der Waals surface area contributed by atoms with Crippen LogP contribution in [0.15, 0.2) is 22.9 Å². The van der Waals surface area contributed by atoms with E-state index < -0.39 is 5.97 Å². The van der Waals surface area contributed by atoms with Gasteiger partial charge in [0.15, 0.2) is 0 Å². The highest BCUT2D eigenvalue weighted by Gasteiger charge is 2.15. The molecule has 1 N–H and O–H groups in total. The third-order valence-electron chi connectivity index (χ3n) is 3.00. The van der Waals surface area contributed by atoms with Crippen molar-refractivity contribution in [3.63, 3.8) is 0 Å². The number of hydrogen-bond acceptors (Lipinski definition) is 3. The molecule has 0 amide bonds. The van der Waals surface area contributed by atoms with E-state index in [-0.39, 0.29) is 0 Å². The highest BCUT2D eigenvalue weighted by Crippen LogP contribution is 2.34. The van der Waals surface area contributed by atoms with Gasteiger partial charge in [-0.3, -0.25) is 0 Å². The van der Waals surface area contributed by atoms with Crippen LogP contribution in [0.4, 0.5) is 0 Å². The molecule has 2 aromatic rings. The predicted octanol–water partition coefficient (Wildman–Crippen LogP) is 4.13. The summed E-state index contributed by atoms with van der Waals surface area (Å²) in [5, 5.41) is 12.7. The van der Waals surface area contributed by atoms with E-state index >= 15 is 0 Å². The largest absolute Gasteiger partial charge is 0.494 e. The summed E-state index contributed by atoms with van der Waals surface area (Å²) in [7, 11) is 0. The Bertz CT molecular complexity index is 614. The van der Waals surface area contributed by atoms with Crippen LogP contribution in [0.1, 0.15) is 28.4 Å². The number of carbonyl (C=O) groups is 1. The van der Waals surface area contributed by atoms with Gasteiger partial charge in [0.1, 0.15) is 5.75 Å². The molecule has 0 aliphatic carbocycles. The maximum atomic E-state index is 11.2. The molecule has 1 aromatic heterocycles. The Morgan fingerprint density at radius 2 is 1.95 bits per heavy atom. The minimum absolute atomic E-state index is 0.358. The summed E-state index contributed by atoms with van der Waals surface area (Å²) in [4.78, 5) is 11.2. The lowest BCUT2D eigenvalue weighted by Crippen LogP contribution is -1.99. The van der Waals surface area contributed by atoms with Crippen molar-refractivity contribution in [2.45, 2.75) is 20.8 Å². The lowest BCUT2D eigenvalue weighted by molar-refractivity contribution is 0.0698. The van der Waals surface area contributed by atoms with Crippen molar-refractivity contribution in [1.29, 1.82) is 0 Å². The standard InChI is InChI=1S/C15H16O3S/c1-4-18-14-6-9(2)11(5-10(14)3)12-7-19-8-13(12)15(16)17/h5-8H,4H2,1-3H3,(H,16,17). The molecule has 0 aliphatic heterocycles. The smallest absolute Gasteiger partial charge is 0.337 e. The Morgan fingerprint density at radius 1 is 1.21 bits per heavy atom. The molecule has 0 radical (unpaired) electrons. The van der Waals surface area contributed by atoms with Gasteiger partial charge in [0.05, 0.1) is 12.2 Å². The Hall–Kier alpha value is -1.81. The molecule has 0 spiro atoms. The molecule has 3 nitrogen and oxygen atoms in total. The third kappa shape index (κ3) is 2.63. The maximum Gasteiger partial charge on any atom is 0.337 e. The van der Waals surface area contributed by atoms with Crippen LogP contribution in [0, 0.1) is 13.8 Å². The molecular formula is C15H16O3S. The summed E-state index contributed by atoms with van der Waals surface area (Å²) in [6.07, 6.45) is 0. The van der Waals surface area contributed by atoms with Crippen molar-refractivity contribution >= 4 is 17.3 Å². The molecule has 1 heterocycles. The molecule has 2 rings (SSSR count). The Kier molecular flexibility index (Phi) is 3.90. The first-order valence-electron chi connectivity index (χ1n) is 6.08. The number of thiophene rings is 1. The number of benzene rings is 1. The number of hydrogen-bond donors (Lipinski definition) is 1. The fourth-order valence-corrected chi connectivity index (χ4v) is 2.88. The molecule has 0 bridgehead atoms. The van der Waals surface area contributed by atoms with E-state index in [0.29, 0.717) is 12.2 Å². The molecule has 4 heteroatoms. The normalized spacial score (nSPS) is 10.5. The van der Waals surface area contributed by atoms with Crippen LogP contribution in [0.5, 0.6) is 5.75 Å². The van der Waals surface area contributed by atoms with Crippen LogP contribution in [0.3, 0.4) is 0 Å². The lowest BCUT2D eigenvalue weighted by atomic mass is 9.97. The van der Waals surface area contributed by atoms with Gasteiger partial charge in [-0.15, -0.1) is 0 Å². The molecule has 0 saturated heterocycles. The van der Waals surface area contributed by atoms with Crippen molar-refractivity contribution in [3.05, 3.63) is 39.6 Å². The summed E-state index contributed by atoms with van der Waals surface area (Å²) in [6, 6.07) is 3.96. The van der Waals surface area contributed by atoms with Crippen molar-refractivity contribution in [2.75, 3.05) is 6.61 Å². The van der Waals surface area contributed by atoms with E-state index in [0.717, 1.165) is 28.0 Å². The fourth-order valence-electron chi connectivity index (χ4n) is 2.06. The van der Waals surface area contributed by atoms with Gasteiger partial charge >= 0.3 is 5.97 Å². The summed E-state index contributed by atoms with van der Waals surface area (Å²) < 4.78 is 5.55. The van der Waals surface area contributed by atoms with E-state index in [1.165, 1.54) is 11.3 Å². The molecule has 0 atom stereocenters. The number of aryl methyl sites for hydroxylation is 2. The van der Waals surface area contributed by atoms with Gasteiger partial charge in [0, 0.05) is 10.9 Å². The molecule has 19 heavy (non-hydrogen) atoms. The fraction of sp³-hybridized carbons (Fsp3) is 0.267. The van der Waals surface area contributed by atoms with E-state index in [2.05, 4.69) is 0 Å². The Labute approximate surface area is 116 Å². The molecule has 0 fully saturated rings. The highest BCUT2D eigenvalue weighted by molar-refractivity contribution is 7.08. The zero-order valence-electron chi connectivity index (χ0n) is 11.2. The van der Waals surface area contributed by atoms with Crippen molar-refractivity contribution in [2.24, 2.45) is 0 Å². The Morgan fingerprint density at radius 3 is 2.58 bits per heavy atom. The van der Waals surface area contributed by atoms with E-state index in [4.69, 9.17) is 4.74 Å². The number of rotatable bonds is 4. The average Bonchev–Trinajstić information content (AvgIpc) is 2.82. The van der Waals surface area contributed by atoms with E-state index in [1.807, 2.05) is 38.3 Å². The monoisotopic (exact) mass is 276 g/mol. The first kappa shape index (κ1) is 13.6. The molecular weight excluding hydrogens is 260 g/mol. The van der Waals surface area contributed by atoms with Crippen LogP contribution >= 0.6 is 11.3 Å². The molecule has 0 saturated carbocycles. The maximum absolute atomic E-state index is 11.2. The second kappa shape index (κ2) is 5.45. The second-order valence-electron chi connectivity index (χ2n) is 4.37. The summed E-state index contributed by atoms with van der Waals surface area (Å²) >= 11 is 1.41. The number of carboxylic acid groups (broad SMARTS) is 1. The molecule has 0 unspecified atom stereocenters. The molecule has 0 aliphatic rings. The van der Waals surface area contributed by atoms with E-state index in [9.17, 15) is 9.90 Å². The topological polar surface area (TPSA) is 46.5 Å². The zero-order valence-corrected chi connectivity index (χ0v) is 12.0. The van der Waals surface area contributed by atoms with Gasteiger partial charge in [0.2, 0.25) is 0 Å². The average molecular weight is 276 g/mol. The predicted molar refractivity (Wildman–Crippen MR) is 77.4 cm³/mol. The van der Waals surface area contributed by atoms with Gasteiger partial charge in [-0.25, -0.2) is 4.79 Å². The quantitative estimate of drug-likeness (QED) is 0.913. The minimum Gasteiger partial charge on any atom is -0.494 e. The van der Waals surface area contributed by atoms with Crippen LogP contribution in [0.2, 0.25) is 0 Å². The number of aromatic carboxylic acids is 1. The lowest BCUT2D eigenvalue weighted by Gasteiger charge is -2.12. The van der Waals surface area contributed by atoms with Crippen LogP contribution < -0.4 is 4.74 Å². The van der Waals surface area contributed by atoms with Crippen molar-refractivity contribution < 1.29 is 14.6 Å². The van der Waals surface area contributed by atoms with Crippen molar-refractivity contribution in [1.82, 2.24) is 0 Å². The molecule has 100 valence electrons. The third-order valence-corrected chi connectivity index (χ3v) is 3.75. The summed E-state index contributed by atoms with van der Waals surface area (Å²) in [5.74, 6) is -0.0296. The Balaban J connectivity index is 2.54. The van der Waals surface area contributed by atoms with Crippen LogP contribution in [-0.2, 0) is 0 Å². The summed E-state index contributed by atoms with van der Waals surface area (Å²) in [5.41, 5.74) is 4.14. The highest BCUT2D eigenvalue weighted by atomic mass is 32.1. The van der Waals surface area contributed by atoms with Gasteiger partial charge in [0.25, 0.3) is 0 Å². The zero-order chi connectivity index (χ0) is 14.0. The van der Waals surface area contributed by atoms with Gasteiger partial charge in [-0.1, -0.05) is 0 Å². The number of ether oxygens (including phenoxy) is 1. The SMILES string of the molecule is CCOc1cc(C)c(-c2cscc2C(=O)O)cc1C. The van der Waals surface area contributed by atoms with Crippen molar-refractivity contribution in [3.8, 4) is 16.9 Å². The first-order valence-corrected chi connectivity index (χ1v) is 7.02. The molecule has 1 aromatic carbocycles. The van der Waals surface area contributed by atoms with Gasteiger partial charge in [-0.05, 0) is 55.0 Å². The van der Waals surface area contributed by atoms with Gasteiger partial charge in [-0.2, -0.15) is 11.3 Å². The van der Waals surface area contributed by atoms with Gasteiger partial charge < -0.3 is 9.84 Å². The van der Waals surface area contributed by atoms with Crippen LogP contribution in [0.25, 0.3) is 11.1 Å². The minimum atomic E-state index is -0.887. The van der Waals surface area contributed by atoms with Crippen LogP contribution in [-0.4, -0.2) is 17.7 Å².